The lowest BCUT2D eigenvalue weighted by atomic mass is 10.2. The first-order valence-electron chi connectivity index (χ1n) is 8.27. The monoisotopic (exact) mass is 417 g/mol. The average molecular weight is 417 g/mol. The number of carbonyl (C=O) groups is 2. The standard InChI is InChI=1S/C15H19N3O7S2/c1-2-26(21,22)18-7-3-4-12(18)15(20)17-27(23,24)10-5-6-13-11(8-10)16-14(19)9-25-13/h5-6,8,12H,2-4,7,9H2,1H3,(H,16,19)(H,17,20). The van der Waals surface area contributed by atoms with Gasteiger partial charge in [-0.1, -0.05) is 0 Å². The molecule has 1 saturated heterocycles. The first-order chi connectivity index (χ1) is 12.6. The Bertz CT molecular complexity index is 989. The van der Waals surface area contributed by atoms with Gasteiger partial charge >= 0.3 is 0 Å². The van der Waals surface area contributed by atoms with Crippen LogP contribution in [0.1, 0.15) is 19.8 Å². The maximum Gasteiger partial charge on any atom is 0.264 e. The summed E-state index contributed by atoms with van der Waals surface area (Å²) in [6, 6.07) is 2.72. The molecule has 1 unspecified atom stereocenters. The second-order valence-corrected chi connectivity index (χ2v) is 10.0. The highest BCUT2D eigenvalue weighted by atomic mass is 32.2. The zero-order chi connectivity index (χ0) is 19.8. The van der Waals surface area contributed by atoms with Gasteiger partial charge in [-0.3, -0.25) is 9.59 Å². The normalized spacial score (nSPS) is 20.5. The topological polar surface area (TPSA) is 139 Å². The molecule has 27 heavy (non-hydrogen) atoms. The number of ether oxygens (including phenoxy) is 1. The van der Waals surface area contributed by atoms with Crippen LogP contribution in [0.4, 0.5) is 5.69 Å². The molecule has 1 aromatic rings. The van der Waals surface area contributed by atoms with Crippen LogP contribution < -0.4 is 14.8 Å². The summed E-state index contributed by atoms with van der Waals surface area (Å²) in [5.74, 6) is -1.18. The Labute approximate surface area is 157 Å². The van der Waals surface area contributed by atoms with Crippen molar-refractivity contribution in [2.45, 2.75) is 30.7 Å². The number of hydrogen-bond acceptors (Lipinski definition) is 7. The van der Waals surface area contributed by atoms with E-state index in [4.69, 9.17) is 4.74 Å². The fourth-order valence-corrected chi connectivity index (χ4v) is 5.36. The highest BCUT2D eigenvalue weighted by Gasteiger charge is 2.39. The van der Waals surface area contributed by atoms with Gasteiger partial charge in [-0.25, -0.2) is 21.6 Å². The van der Waals surface area contributed by atoms with E-state index in [2.05, 4.69) is 5.32 Å². The summed E-state index contributed by atoms with van der Waals surface area (Å²) < 4.78 is 57.4. The third-order valence-corrected chi connectivity index (χ3v) is 7.58. The Balaban J connectivity index is 1.81. The molecule has 2 N–H and O–H groups in total. The van der Waals surface area contributed by atoms with Gasteiger partial charge in [-0.2, -0.15) is 4.31 Å². The molecule has 0 spiro atoms. The quantitative estimate of drug-likeness (QED) is 0.667. The van der Waals surface area contributed by atoms with E-state index in [0.717, 1.165) is 4.31 Å². The molecular formula is C15H19N3O7S2. The smallest absolute Gasteiger partial charge is 0.264 e. The summed E-state index contributed by atoms with van der Waals surface area (Å²) in [6.07, 6.45) is 0.717. The van der Waals surface area contributed by atoms with E-state index in [1.165, 1.54) is 25.1 Å². The molecule has 0 aromatic heterocycles. The highest BCUT2D eigenvalue weighted by Crippen LogP contribution is 2.30. The minimum absolute atomic E-state index is 0.167. The average Bonchev–Trinajstić information content (AvgIpc) is 3.11. The number of nitrogens with zero attached hydrogens (tertiary/aromatic N) is 1. The highest BCUT2D eigenvalue weighted by molar-refractivity contribution is 7.90. The van der Waals surface area contributed by atoms with E-state index in [-0.39, 0.29) is 35.9 Å². The summed E-state index contributed by atoms with van der Waals surface area (Å²) >= 11 is 0. The van der Waals surface area contributed by atoms with Crippen molar-refractivity contribution in [3.8, 4) is 5.75 Å². The molecule has 12 heteroatoms. The maximum atomic E-state index is 12.5. The Morgan fingerprint density at radius 3 is 2.78 bits per heavy atom. The fraction of sp³-hybridized carbons (Fsp3) is 0.467. The third-order valence-electron chi connectivity index (χ3n) is 4.36. The first-order valence-corrected chi connectivity index (χ1v) is 11.4. The minimum atomic E-state index is -4.25. The van der Waals surface area contributed by atoms with Crippen molar-refractivity contribution in [3.63, 3.8) is 0 Å². The van der Waals surface area contributed by atoms with Gasteiger partial charge in [0.15, 0.2) is 6.61 Å². The van der Waals surface area contributed by atoms with Gasteiger partial charge in [-0.05, 0) is 38.0 Å². The zero-order valence-corrected chi connectivity index (χ0v) is 16.1. The van der Waals surface area contributed by atoms with Crippen LogP contribution in [0.5, 0.6) is 5.75 Å². The fourth-order valence-electron chi connectivity index (χ4n) is 2.99. The number of carbonyl (C=O) groups excluding carboxylic acids is 2. The molecule has 2 amide bonds. The van der Waals surface area contributed by atoms with Gasteiger partial charge in [0.25, 0.3) is 21.8 Å². The van der Waals surface area contributed by atoms with Crippen LogP contribution in [0.3, 0.4) is 0 Å². The Kier molecular flexibility index (Phi) is 5.14. The second-order valence-electron chi connectivity index (χ2n) is 6.13. The molecule has 0 bridgehead atoms. The van der Waals surface area contributed by atoms with Gasteiger partial charge in [0, 0.05) is 6.54 Å². The molecule has 2 heterocycles. The molecular weight excluding hydrogens is 398 g/mol. The predicted octanol–water partition coefficient (Wildman–Crippen LogP) is -0.363. The van der Waals surface area contributed by atoms with Crippen LogP contribution in [0.25, 0.3) is 0 Å². The van der Waals surface area contributed by atoms with Gasteiger partial charge in [0.05, 0.1) is 16.3 Å². The van der Waals surface area contributed by atoms with Crippen molar-refractivity contribution < 1.29 is 31.2 Å². The second kappa shape index (κ2) is 7.09. The van der Waals surface area contributed by atoms with Crippen molar-refractivity contribution in [1.82, 2.24) is 9.03 Å². The molecule has 148 valence electrons. The summed E-state index contributed by atoms with van der Waals surface area (Å²) in [6.45, 7) is 1.47. The van der Waals surface area contributed by atoms with E-state index in [0.29, 0.717) is 12.2 Å². The number of benzene rings is 1. The number of sulfonamides is 2. The van der Waals surface area contributed by atoms with Gasteiger partial charge in [0.2, 0.25) is 10.0 Å². The van der Waals surface area contributed by atoms with Crippen molar-refractivity contribution in [1.29, 1.82) is 0 Å². The lowest BCUT2D eigenvalue weighted by Gasteiger charge is -2.23. The van der Waals surface area contributed by atoms with Crippen LogP contribution in [0.2, 0.25) is 0 Å². The Morgan fingerprint density at radius 2 is 2.07 bits per heavy atom. The molecule has 1 aromatic carbocycles. The number of fused-ring (bicyclic) bond motifs is 1. The number of amides is 2. The molecule has 0 aliphatic carbocycles. The number of rotatable bonds is 5. The summed E-state index contributed by atoms with van der Waals surface area (Å²) in [4.78, 5) is 23.6. The third kappa shape index (κ3) is 3.92. The van der Waals surface area contributed by atoms with Crippen molar-refractivity contribution >= 4 is 37.5 Å². The summed E-state index contributed by atoms with van der Waals surface area (Å²) in [5, 5.41) is 2.49. The lowest BCUT2D eigenvalue weighted by Crippen LogP contribution is -2.47. The van der Waals surface area contributed by atoms with E-state index in [9.17, 15) is 26.4 Å². The van der Waals surface area contributed by atoms with Crippen LogP contribution in [0, 0.1) is 0 Å². The number of anilines is 1. The van der Waals surface area contributed by atoms with E-state index < -0.39 is 37.9 Å². The molecule has 2 aliphatic rings. The van der Waals surface area contributed by atoms with Gasteiger partial charge in [0.1, 0.15) is 11.8 Å². The zero-order valence-electron chi connectivity index (χ0n) is 14.5. The maximum absolute atomic E-state index is 12.5. The van der Waals surface area contributed by atoms with Gasteiger partial charge in [-0.15, -0.1) is 0 Å². The SMILES string of the molecule is CCS(=O)(=O)N1CCCC1C(=O)NS(=O)(=O)c1ccc2c(c1)NC(=O)CO2. The molecule has 3 rings (SSSR count). The number of hydrogen-bond donors (Lipinski definition) is 2. The van der Waals surface area contributed by atoms with Crippen molar-refractivity contribution in [3.05, 3.63) is 18.2 Å². The molecule has 0 radical (unpaired) electrons. The molecule has 10 nitrogen and oxygen atoms in total. The molecule has 2 aliphatic heterocycles. The summed E-state index contributed by atoms with van der Waals surface area (Å²) in [5.41, 5.74) is 0.178. The molecule has 0 saturated carbocycles. The Hall–Kier alpha value is -2.18. The molecule has 1 fully saturated rings. The number of nitrogens with one attached hydrogen (secondary N) is 2. The van der Waals surface area contributed by atoms with Gasteiger partial charge < -0.3 is 10.1 Å². The summed E-state index contributed by atoms with van der Waals surface area (Å²) in [7, 11) is -7.87. The van der Waals surface area contributed by atoms with E-state index in [1.54, 1.807) is 0 Å². The van der Waals surface area contributed by atoms with Crippen LogP contribution in [0.15, 0.2) is 23.1 Å². The molecule has 1 atom stereocenters. The Morgan fingerprint density at radius 1 is 1.33 bits per heavy atom. The van der Waals surface area contributed by atoms with E-state index >= 15 is 0 Å². The van der Waals surface area contributed by atoms with Crippen molar-refractivity contribution in [2.24, 2.45) is 0 Å². The van der Waals surface area contributed by atoms with Crippen LogP contribution in [-0.4, -0.2) is 57.9 Å². The van der Waals surface area contributed by atoms with Crippen LogP contribution in [-0.2, 0) is 29.6 Å². The minimum Gasteiger partial charge on any atom is -0.482 e. The first kappa shape index (κ1) is 19.6. The van der Waals surface area contributed by atoms with Crippen LogP contribution >= 0.6 is 0 Å². The largest absolute Gasteiger partial charge is 0.482 e. The lowest BCUT2D eigenvalue weighted by molar-refractivity contribution is -0.122. The van der Waals surface area contributed by atoms with Crippen molar-refractivity contribution in [2.75, 3.05) is 24.2 Å². The predicted molar refractivity (Wildman–Crippen MR) is 95.1 cm³/mol. The van der Waals surface area contributed by atoms with E-state index in [1.807, 2.05) is 4.72 Å².